The van der Waals surface area contributed by atoms with E-state index in [1.807, 2.05) is 27.7 Å². The fraction of sp³-hybridized carbons (Fsp3) is 0.571. The van der Waals surface area contributed by atoms with Crippen LogP contribution in [0.4, 0.5) is 14.5 Å². The van der Waals surface area contributed by atoms with Gasteiger partial charge < -0.3 is 14.2 Å². The zero-order valence-corrected chi connectivity index (χ0v) is 12.8. The summed E-state index contributed by atoms with van der Waals surface area (Å²) in [4.78, 5) is 1.40. The van der Waals surface area contributed by atoms with Crippen LogP contribution in [-0.2, 0) is 9.31 Å². The van der Waals surface area contributed by atoms with E-state index in [1.165, 1.54) is 17.0 Å². The van der Waals surface area contributed by atoms with Crippen molar-refractivity contribution < 1.29 is 18.1 Å². The van der Waals surface area contributed by atoms with Crippen LogP contribution in [-0.4, -0.2) is 32.4 Å². The molecule has 1 fully saturated rings. The Hall–Kier alpha value is -1.14. The van der Waals surface area contributed by atoms with Crippen LogP contribution >= 0.6 is 0 Å². The van der Waals surface area contributed by atoms with Crippen LogP contribution in [0.15, 0.2) is 12.1 Å². The van der Waals surface area contributed by atoms with Gasteiger partial charge in [0.15, 0.2) is 0 Å². The van der Waals surface area contributed by atoms with Crippen molar-refractivity contribution in [2.45, 2.75) is 38.9 Å². The molecular weight excluding hydrogens is 263 g/mol. The van der Waals surface area contributed by atoms with Crippen LogP contribution < -0.4 is 10.4 Å². The molecular formula is C14H20BF2NO2. The minimum atomic E-state index is -0.764. The molecule has 3 nitrogen and oxygen atoms in total. The quantitative estimate of drug-likeness (QED) is 0.778. The first-order chi connectivity index (χ1) is 9.05. The van der Waals surface area contributed by atoms with E-state index in [1.54, 1.807) is 14.1 Å². The summed E-state index contributed by atoms with van der Waals surface area (Å²) in [6, 6.07) is 2.53. The third-order valence-electron chi connectivity index (χ3n) is 4.01. The molecule has 0 bridgehead atoms. The van der Waals surface area contributed by atoms with Crippen molar-refractivity contribution in [2.75, 3.05) is 19.0 Å². The van der Waals surface area contributed by atoms with Gasteiger partial charge in [0, 0.05) is 14.1 Å². The molecule has 110 valence electrons. The first-order valence-electron chi connectivity index (χ1n) is 6.57. The maximum atomic E-state index is 14.0. The summed E-state index contributed by atoms with van der Waals surface area (Å²) in [7, 11) is 2.42. The van der Waals surface area contributed by atoms with Crippen molar-refractivity contribution in [1.82, 2.24) is 0 Å². The van der Waals surface area contributed by atoms with Crippen LogP contribution in [0.2, 0.25) is 0 Å². The van der Waals surface area contributed by atoms with Crippen molar-refractivity contribution in [3.05, 3.63) is 23.8 Å². The predicted molar refractivity (Wildman–Crippen MR) is 76.4 cm³/mol. The van der Waals surface area contributed by atoms with Gasteiger partial charge in [0.2, 0.25) is 0 Å². The summed E-state index contributed by atoms with van der Waals surface area (Å²) < 4.78 is 39.6. The standard InChI is InChI=1S/C14H20BF2NO2/c1-13(2)14(3,4)20-15(19-13)9-7-10(16)12(18(5)6)11(17)8-9/h7-8H,1-6H3. The van der Waals surface area contributed by atoms with E-state index in [-0.39, 0.29) is 5.69 Å². The minimum Gasteiger partial charge on any atom is -0.399 e. The molecule has 0 saturated carbocycles. The maximum Gasteiger partial charge on any atom is 0.495 e. The summed E-state index contributed by atoms with van der Waals surface area (Å²) in [6.45, 7) is 7.59. The second-order valence-electron chi connectivity index (χ2n) is 6.32. The van der Waals surface area contributed by atoms with Crippen LogP contribution in [0.1, 0.15) is 27.7 Å². The van der Waals surface area contributed by atoms with Crippen molar-refractivity contribution in [3.63, 3.8) is 0 Å². The van der Waals surface area contributed by atoms with Gasteiger partial charge in [0.05, 0.1) is 11.2 Å². The zero-order valence-electron chi connectivity index (χ0n) is 12.8. The molecule has 0 radical (unpaired) electrons. The summed E-state index contributed by atoms with van der Waals surface area (Å²) in [5, 5.41) is 0. The molecule has 20 heavy (non-hydrogen) atoms. The summed E-state index contributed by atoms with van der Waals surface area (Å²) in [5.74, 6) is -1.25. The monoisotopic (exact) mass is 283 g/mol. The molecule has 0 N–H and O–H groups in total. The Morgan fingerprint density at radius 1 is 0.950 bits per heavy atom. The second-order valence-corrected chi connectivity index (χ2v) is 6.32. The second kappa shape index (κ2) is 4.70. The fourth-order valence-electron chi connectivity index (χ4n) is 2.13. The lowest BCUT2D eigenvalue weighted by molar-refractivity contribution is 0.00578. The van der Waals surface area contributed by atoms with E-state index >= 15 is 0 Å². The van der Waals surface area contributed by atoms with Gasteiger partial charge in [0.1, 0.15) is 17.3 Å². The normalized spacial score (nSPS) is 20.3. The molecule has 0 amide bonds. The number of rotatable bonds is 2. The Bertz CT molecular complexity index is 493. The number of halogens is 2. The molecule has 0 unspecified atom stereocenters. The molecule has 1 aromatic rings. The molecule has 1 saturated heterocycles. The minimum absolute atomic E-state index is 0.0646. The Balaban J connectivity index is 2.37. The lowest BCUT2D eigenvalue weighted by atomic mass is 9.79. The SMILES string of the molecule is CN(C)c1c(F)cc(B2OC(C)(C)C(C)(C)O2)cc1F. The van der Waals surface area contributed by atoms with E-state index in [4.69, 9.17) is 9.31 Å². The van der Waals surface area contributed by atoms with Gasteiger partial charge in [-0.2, -0.15) is 0 Å². The smallest absolute Gasteiger partial charge is 0.399 e. The summed E-state index contributed by atoms with van der Waals surface area (Å²) in [5.41, 5.74) is -0.787. The molecule has 0 aromatic heterocycles. The Morgan fingerprint density at radius 2 is 1.35 bits per heavy atom. The van der Waals surface area contributed by atoms with E-state index in [0.29, 0.717) is 5.46 Å². The van der Waals surface area contributed by atoms with Crippen molar-refractivity contribution in [2.24, 2.45) is 0 Å². The van der Waals surface area contributed by atoms with Crippen molar-refractivity contribution in [3.8, 4) is 0 Å². The van der Waals surface area contributed by atoms with Gasteiger partial charge >= 0.3 is 7.12 Å². The molecule has 1 aliphatic rings. The third-order valence-corrected chi connectivity index (χ3v) is 4.01. The van der Waals surface area contributed by atoms with Crippen LogP contribution in [0.3, 0.4) is 0 Å². The molecule has 0 spiro atoms. The summed E-state index contributed by atoms with van der Waals surface area (Å²) in [6.07, 6.45) is 0. The fourth-order valence-corrected chi connectivity index (χ4v) is 2.13. The predicted octanol–water partition coefficient (Wildman–Crippen LogP) is 2.33. The molecule has 0 aliphatic carbocycles. The van der Waals surface area contributed by atoms with Gasteiger partial charge in [-0.1, -0.05) is 0 Å². The number of hydrogen-bond donors (Lipinski definition) is 0. The van der Waals surface area contributed by atoms with Gasteiger partial charge in [-0.25, -0.2) is 8.78 Å². The van der Waals surface area contributed by atoms with Gasteiger partial charge in [-0.15, -0.1) is 0 Å². The first kappa shape index (κ1) is 15.3. The average molecular weight is 283 g/mol. The first-order valence-corrected chi connectivity index (χ1v) is 6.57. The van der Waals surface area contributed by atoms with Gasteiger partial charge in [-0.05, 0) is 45.3 Å². The number of anilines is 1. The molecule has 6 heteroatoms. The van der Waals surface area contributed by atoms with E-state index in [2.05, 4.69) is 0 Å². The molecule has 1 heterocycles. The van der Waals surface area contributed by atoms with E-state index in [9.17, 15) is 8.78 Å². The number of nitrogens with zero attached hydrogens (tertiary/aromatic N) is 1. The zero-order chi connectivity index (χ0) is 15.3. The topological polar surface area (TPSA) is 21.7 Å². The van der Waals surface area contributed by atoms with Gasteiger partial charge in [-0.3, -0.25) is 0 Å². The van der Waals surface area contributed by atoms with Crippen LogP contribution in [0, 0.1) is 11.6 Å². The van der Waals surface area contributed by atoms with E-state index in [0.717, 1.165) is 0 Å². The highest BCUT2D eigenvalue weighted by Crippen LogP contribution is 2.36. The van der Waals surface area contributed by atoms with E-state index < -0.39 is 30.0 Å². The van der Waals surface area contributed by atoms with Gasteiger partial charge in [0.25, 0.3) is 0 Å². The Kier molecular flexibility index (Phi) is 3.59. The Morgan fingerprint density at radius 3 is 1.70 bits per heavy atom. The molecule has 1 aromatic carbocycles. The lowest BCUT2D eigenvalue weighted by Gasteiger charge is -2.32. The average Bonchev–Trinajstić information content (AvgIpc) is 2.46. The lowest BCUT2D eigenvalue weighted by Crippen LogP contribution is -2.41. The molecule has 0 atom stereocenters. The maximum absolute atomic E-state index is 14.0. The van der Waals surface area contributed by atoms with Crippen LogP contribution in [0.5, 0.6) is 0 Å². The molecule has 1 aliphatic heterocycles. The third kappa shape index (κ3) is 2.42. The summed E-state index contributed by atoms with van der Waals surface area (Å²) >= 11 is 0. The van der Waals surface area contributed by atoms with Crippen molar-refractivity contribution >= 4 is 18.3 Å². The van der Waals surface area contributed by atoms with Crippen molar-refractivity contribution in [1.29, 1.82) is 0 Å². The highest BCUT2D eigenvalue weighted by molar-refractivity contribution is 6.62. The van der Waals surface area contributed by atoms with Crippen LogP contribution in [0.25, 0.3) is 0 Å². The number of benzene rings is 1. The highest BCUT2D eigenvalue weighted by Gasteiger charge is 2.52. The number of hydrogen-bond acceptors (Lipinski definition) is 3. The highest BCUT2D eigenvalue weighted by atomic mass is 19.1. The largest absolute Gasteiger partial charge is 0.495 e. The Labute approximate surface area is 119 Å². The molecule has 2 rings (SSSR count).